The van der Waals surface area contributed by atoms with Crippen LogP contribution in [0.5, 0.6) is 5.75 Å². The van der Waals surface area contributed by atoms with Crippen molar-refractivity contribution in [2.24, 2.45) is 11.8 Å². The molecule has 3 heteroatoms. The van der Waals surface area contributed by atoms with Gasteiger partial charge < -0.3 is 4.74 Å². The average Bonchev–Trinajstić information content (AvgIpc) is 2.34. The van der Waals surface area contributed by atoms with E-state index in [0.717, 1.165) is 35.6 Å². The van der Waals surface area contributed by atoms with Crippen LogP contribution >= 0.6 is 11.6 Å². The molecule has 0 heterocycles. The number of nitrogens with zero attached hydrogens (tertiary/aromatic N) is 1. The Labute approximate surface area is 114 Å². The molecule has 0 radical (unpaired) electrons. The van der Waals surface area contributed by atoms with Gasteiger partial charge in [-0.15, -0.1) is 0 Å². The van der Waals surface area contributed by atoms with Gasteiger partial charge in [0.1, 0.15) is 11.9 Å². The maximum absolute atomic E-state index is 9.17. The molecule has 2 nitrogen and oxygen atoms in total. The second-order valence-corrected chi connectivity index (χ2v) is 5.63. The van der Waals surface area contributed by atoms with Crippen molar-refractivity contribution in [3.8, 4) is 11.8 Å². The lowest BCUT2D eigenvalue weighted by Crippen LogP contribution is -2.32. The minimum atomic E-state index is 0.0113. The fourth-order valence-corrected chi connectivity index (χ4v) is 2.59. The summed E-state index contributed by atoms with van der Waals surface area (Å²) in [5, 5.41) is 9.92. The summed E-state index contributed by atoms with van der Waals surface area (Å²) < 4.78 is 5.98. The van der Waals surface area contributed by atoms with Gasteiger partial charge in [0.25, 0.3) is 0 Å². The van der Waals surface area contributed by atoms with Crippen molar-refractivity contribution >= 4 is 11.6 Å². The van der Waals surface area contributed by atoms with Gasteiger partial charge in [-0.1, -0.05) is 18.5 Å². The maximum atomic E-state index is 9.17. The molecule has 1 saturated carbocycles. The molecular formula is C15H18ClNO. The molecule has 0 aliphatic heterocycles. The minimum absolute atomic E-state index is 0.0113. The molecule has 3 unspecified atom stereocenters. The zero-order valence-corrected chi connectivity index (χ0v) is 11.6. The SMILES string of the molecule is Cc1cc(OC2CC(C)CCC2C#N)ccc1Cl. The highest BCUT2D eigenvalue weighted by molar-refractivity contribution is 6.31. The molecule has 0 N–H and O–H groups in total. The quantitative estimate of drug-likeness (QED) is 0.794. The first-order valence-electron chi connectivity index (χ1n) is 6.42. The van der Waals surface area contributed by atoms with Crippen LogP contribution in [0.1, 0.15) is 31.7 Å². The third-order valence-electron chi connectivity index (χ3n) is 3.64. The Balaban J connectivity index is 2.11. The van der Waals surface area contributed by atoms with E-state index in [0.29, 0.717) is 5.92 Å². The number of benzene rings is 1. The highest BCUT2D eigenvalue weighted by Gasteiger charge is 2.30. The molecule has 0 aromatic heterocycles. The van der Waals surface area contributed by atoms with E-state index >= 15 is 0 Å². The second kappa shape index (κ2) is 5.63. The number of hydrogen-bond acceptors (Lipinski definition) is 2. The molecule has 1 fully saturated rings. The summed E-state index contributed by atoms with van der Waals surface area (Å²) in [5.41, 5.74) is 1.01. The molecule has 96 valence electrons. The first-order chi connectivity index (χ1) is 8.60. The number of ether oxygens (including phenoxy) is 1. The van der Waals surface area contributed by atoms with E-state index in [9.17, 15) is 5.26 Å². The summed E-state index contributed by atoms with van der Waals surface area (Å²) in [6.45, 7) is 4.18. The largest absolute Gasteiger partial charge is 0.489 e. The minimum Gasteiger partial charge on any atom is -0.489 e. The van der Waals surface area contributed by atoms with Crippen molar-refractivity contribution in [1.82, 2.24) is 0 Å². The third kappa shape index (κ3) is 2.97. The van der Waals surface area contributed by atoms with Crippen LogP contribution in [0.15, 0.2) is 18.2 Å². The molecule has 1 aliphatic carbocycles. The van der Waals surface area contributed by atoms with E-state index in [1.54, 1.807) is 0 Å². The van der Waals surface area contributed by atoms with Gasteiger partial charge in [-0.3, -0.25) is 0 Å². The molecule has 18 heavy (non-hydrogen) atoms. The molecular weight excluding hydrogens is 246 g/mol. The monoisotopic (exact) mass is 263 g/mol. The first kappa shape index (κ1) is 13.2. The summed E-state index contributed by atoms with van der Waals surface area (Å²) in [5.74, 6) is 1.46. The van der Waals surface area contributed by atoms with Crippen LogP contribution in [0.4, 0.5) is 0 Å². The van der Waals surface area contributed by atoms with Crippen molar-refractivity contribution in [3.05, 3.63) is 28.8 Å². The molecule has 0 saturated heterocycles. The van der Waals surface area contributed by atoms with E-state index in [-0.39, 0.29) is 12.0 Å². The summed E-state index contributed by atoms with van der Waals surface area (Å²) >= 11 is 5.99. The van der Waals surface area contributed by atoms with Crippen LogP contribution in [0.3, 0.4) is 0 Å². The molecule has 0 spiro atoms. The van der Waals surface area contributed by atoms with E-state index in [1.807, 2.05) is 25.1 Å². The summed E-state index contributed by atoms with van der Waals surface area (Å²) in [6, 6.07) is 8.04. The fraction of sp³-hybridized carbons (Fsp3) is 0.533. The Morgan fingerprint density at radius 3 is 2.83 bits per heavy atom. The lowest BCUT2D eigenvalue weighted by atomic mass is 9.81. The zero-order chi connectivity index (χ0) is 13.1. The number of hydrogen-bond donors (Lipinski definition) is 0. The summed E-state index contributed by atoms with van der Waals surface area (Å²) in [6.07, 6.45) is 3.03. The lowest BCUT2D eigenvalue weighted by molar-refractivity contribution is 0.0956. The van der Waals surface area contributed by atoms with Crippen LogP contribution in [-0.4, -0.2) is 6.10 Å². The van der Waals surface area contributed by atoms with E-state index in [1.165, 1.54) is 0 Å². The second-order valence-electron chi connectivity index (χ2n) is 5.22. The third-order valence-corrected chi connectivity index (χ3v) is 4.06. The van der Waals surface area contributed by atoms with Crippen LogP contribution in [-0.2, 0) is 0 Å². The van der Waals surface area contributed by atoms with Gasteiger partial charge in [0.15, 0.2) is 0 Å². The Kier molecular flexibility index (Phi) is 4.14. The fourth-order valence-electron chi connectivity index (χ4n) is 2.47. The van der Waals surface area contributed by atoms with Gasteiger partial charge in [-0.2, -0.15) is 5.26 Å². The van der Waals surface area contributed by atoms with Crippen LogP contribution in [0, 0.1) is 30.1 Å². The van der Waals surface area contributed by atoms with Gasteiger partial charge in [0, 0.05) is 5.02 Å². The molecule has 1 aromatic rings. The molecule has 1 aliphatic rings. The smallest absolute Gasteiger partial charge is 0.120 e. The Bertz CT molecular complexity index is 466. The van der Waals surface area contributed by atoms with Crippen molar-refractivity contribution in [3.63, 3.8) is 0 Å². The molecule has 0 bridgehead atoms. The number of rotatable bonds is 2. The van der Waals surface area contributed by atoms with Crippen molar-refractivity contribution < 1.29 is 4.74 Å². The van der Waals surface area contributed by atoms with Gasteiger partial charge in [0.2, 0.25) is 0 Å². The van der Waals surface area contributed by atoms with Crippen LogP contribution < -0.4 is 4.74 Å². The normalized spacial score (nSPS) is 27.6. The maximum Gasteiger partial charge on any atom is 0.120 e. The highest BCUT2D eigenvalue weighted by atomic mass is 35.5. The van der Waals surface area contributed by atoms with Crippen molar-refractivity contribution in [1.29, 1.82) is 5.26 Å². The zero-order valence-electron chi connectivity index (χ0n) is 10.8. The van der Waals surface area contributed by atoms with Gasteiger partial charge in [0.05, 0.1) is 12.0 Å². The van der Waals surface area contributed by atoms with Crippen LogP contribution in [0.25, 0.3) is 0 Å². The standard InChI is InChI=1S/C15H18ClNO/c1-10-3-4-12(9-17)15(7-10)18-13-5-6-14(16)11(2)8-13/h5-6,8,10,12,15H,3-4,7H2,1-2H3. The van der Waals surface area contributed by atoms with E-state index in [2.05, 4.69) is 13.0 Å². The Morgan fingerprint density at radius 1 is 1.39 bits per heavy atom. The predicted molar refractivity (Wildman–Crippen MR) is 72.7 cm³/mol. The number of halogens is 1. The van der Waals surface area contributed by atoms with Crippen molar-refractivity contribution in [2.45, 2.75) is 39.2 Å². The molecule has 3 atom stereocenters. The van der Waals surface area contributed by atoms with E-state index < -0.39 is 0 Å². The van der Waals surface area contributed by atoms with Crippen molar-refractivity contribution in [2.75, 3.05) is 0 Å². The molecule has 0 amide bonds. The highest BCUT2D eigenvalue weighted by Crippen LogP contribution is 2.32. The average molecular weight is 264 g/mol. The van der Waals surface area contributed by atoms with Gasteiger partial charge in [-0.05, 0) is 55.9 Å². The Morgan fingerprint density at radius 2 is 2.17 bits per heavy atom. The molecule has 2 rings (SSSR count). The first-order valence-corrected chi connectivity index (χ1v) is 6.80. The predicted octanol–water partition coefficient (Wildman–Crippen LogP) is 4.36. The Hall–Kier alpha value is -1.20. The van der Waals surface area contributed by atoms with Crippen LogP contribution in [0.2, 0.25) is 5.02 Å². The number of nitriles is 1. The van der Waals surface area contributed by atoms with E-state index in [4.69, 9.17) is 16.3 Å². The van der Waals surface area contributed by atoms with Gasteiger partial charge >= 0.3 is 0 Å². The van der Waals surface area contributed by atoms with Gasteiger partial charge in [-0.25, -0.2) is 0 Å². The molecule has 1 aromatic carbocycles. The topological polar surface area (TPSA) is 33.0 Å². The number of aryl methyl sites for hydroxylation is 1. The summed E-state index contributed by atoms with van der Waals surface area (Å²) in [4.78, 5) is 0. The summed E-state index contributed by atoms with van der Waals surface area (Å²) in [7, 11) is 0. The lowest BCUT2D eigenvalue weighted by Gasteiger charge is -2.31.